The van der Waals surface area contributed by atoms with Crippen LogP contribution in [0.4, 0.5) is 5.82 Å². The Morgan fingerprint density at radius 1 is 1.19 bits per heavy atom. The molecule has 110 valence electrons. The molecule has 2 aromatic rings. The van der Waals surface area contributed by atoms with Crippen LogP contribution >= 0.6 is 0 Å². The molecule has 0 aliphatic carbocycles. The fraction of sp³-hybridized carbons (Fsp3) is 0.412. The normalized spacial score (nSPS) is 19.0. The summed E-state index contributed by atoms with van der Waals surface area (Å²) in [5.74, 6) is 1.10. The maximum Gasteiger partial charge on any atom is 0.128 e. The maximum absolute atomic E-state index is 4.48. The van der Waals surface area contributed by atoms with Crippen LogP contribution in [0.15, 0.2) is 48.9 Å². The largest absolute Gasteiger partial charge is 0.355 e. The molecule has 0 unspecified atom stereocenters. The Hall–Kier alpha value is -1.94. The summed E-state index contributed by atoms with van der Waals surface area (Å²) in [5.41, 5.74) is 1.32. The van der Waals surface area contributed by atoms with E-state index in [-0.39, 0.29) is 0 Å². The van der Waals surface area contributed by atoms with Crippen LogP contribution in [0.3, 0.4) is 0 Å². The van der Waals surface area contributed by atoms with Crippen molar-refractivity contribution in [1.82, 2.24) is 14.9 Å². The topological polar surface area (TPSA) is 32.3 Å². The molecule has 1 atom stereocenters. The van der Waals surface area contributed by atoms with Gasteiger partial charge in [-0.2, -0.15) is 0 Å². The van der Waals surface area contributed by atoms with Crippen molar-refractivity contribution in [1.29, 1.82) is 0 Å². The van der Waals surface area contributed by atoms with Gasteiger partial charge < -0.3 is 4.90 Å². The van der Waals surface area contributed by atoms with Gasteiger partial charge >= 0.3 is 0 Å². The first-order valence-electron chi connectivity index (χ1n) is 7.58. The van der Waals surface area contributed by atoms with Crippen molar-refractivity contribution < 1.29 is 0 Å². The Labute approximate surface area is 126 Å². The third-order valence-corrected chi connectivity index (χ3v) is 4.17. The van der Waals surface area contributed by atoms with Crippen LogP contribution in [-0.2, 0) is 6.54 Å². The molecule has 3 heterocycles. The third kappa shape index (κ3) is 3.58. The lowest BCUT2D eigenvalue weighted by atomic mass is 10.0. The molecule has 4 nitrogen and oxygen atoms in total. The van der Waals surface area contributed by atoms with Gasteiger partial charge in [-0.05, 0) is 49.7 Å². The number of anilines is 1. The van der Waals surface area contributed by atoms with Crippen LogP contribution in [-0.4, -0.2) is 41.0 Å². The van der Waals surface area contributed by atoms with Crippen molar-refractivity contribution in [3.8, 4) is 0 Å². The predicted octanol–water partition coefficient (Wildman–Crippen LogP) is 2.58. The van der Waals surface area contributed by atoms with E-state index in [0.717, 1.165) is 25.5 Å². The molecule has 21 heavy (non-hydrogen) atoms. The van der Waals surface area contributed by atoms with Gasteiger partial charge in [0.15, 0.2) is 0 Å². The van der Waals surface area contributed by atoms with Gasteiger partial charge in [-0.1, -0.05) is 6.07 Å². The average Bonchev–Trinajstić information content (AvgIpc) is 2.57. The van der Waals surface area contributed by atoms with E-state index in [0.29, 0.717) is 6.04 Å². The lowest BCUT2D eigenvalue weighted by Crippen LogP contribution is -2.46. The summed E-state index contributed by atoms with van der Waals surface area (Å²) in [6.07, 6.45) is 8.08. The van der Waals surface area contributed by atoms with E-state index in [4.69, 9.17) is 0 Å². The molecule has 3 rings (SSSR count). The Morgan fingerprint density at radius 3 is 2.81 bits per heavy atom. The van der Waals surface area contributed by atoms with Crippen LogP contribution in [0, 0.1) is 0 Å². The molecule has 0 bridgehead atoms. The molecule has 2 aromatic heterocycles. The van der Waals surface area contributed by atoms with Crippen molar-refractivity contribution in [3.05, 3.63) is 54.5 Å². The maximum atomic E-state index is 4.48. The van der Waals surface area contributed by atoms with Gasteiger partial charge in [0.25, 0.3) is 0 Å². The number of nitrogens with zero attached hydrogens (tertiary/aromatic N) is 4. The molecule has 0 saturated carbocycles. The smallest absolute Gasteiger partial charge is 0.128 e. The molecule has 0 spiro atoms. The van der Waals surface area contributed by atoms with E-state index in [1.807, 2.05) is 24.7 Å². The first kappa shape index (κ1) is 14.0. The molecule has 0 N–H and O–H groups in total. The number of aromatic nitrogens is 2. The second-order valence-electron chi connectivity index (χ2n) is 5.70. The first-order valence-corrected chi connectivity index (χ1v) is 7.58. The summed E-state index contributed by atoms with van der Waals surface area (Å²) in [5, 5.41) is 0. The zero-order valence-corrected chi connectivity index (χ0v) is 12.5. The van der Waals surface area contributed by atoms with Crippen molar-refractivity contribution in [2.45, 2.75) is 25.4 Å². The summed E-state index contributed by atoms with van der Waals surface area (Å²) >= 11 is 0. The van der Waals surface area contributed by atoms with Gasteiger partial charge in [-0.15, -0.1) is 0 Å². The Bertz CT molecular complexity index is 543. The lowest BCUT2D eigenvalue weighted by molar-refractivity contribution is 0.207. The van der Waals surface area contributed by atoms with Crippen LogP contribution in [0.25, 0.3) is 0 Å². The number of rotatable bonds is 4. The molecule has 1 saturated heterocycles. The molecule has 1 aliphatic rings. The van der Waals surface area contributed by atoms with E-state index in [9.17, 15) is 0 Å². The van der Waals surface area contributed by atoms with Crippen LogP contribution < -0.4 is 4.90 Å². The summed E-state index contributed by atoms with van der Waals surface area (Å²) < 4.78 is 0. The Morgan fingerprint density at radius 2 is 2.05 bits per heavy atom. The number of piperidine rings is 1. The monoisotopic (exact) mass is 282 g/mol. The third-order valence-electron chi connectivity index (χ3n) is 4.17. The van der Waals surface area contributed by atoms with E-state index in [1.165, 1.54) is 18.4 Å². The number of hydrogen-bond donors (Lipinski definition) is 0. The highest BCUT2D eigenvalue weighted by molar-refractivity contribution is 5.38. The fourth-order valence-corrected chi connectivity index (χ4v) is 2.97. The molecule has 0 radical (unpaired) electrons. The molecule has 1 fully saturated rings. The minimum atomic E-state index is 0.578. The summed E-state index contributed by atoms with van der Waals surface area (Å²) in [6, 6.07) is 10.9. The van der Waals surface area contributed by atoms with Crippen LogP contribution in [0.1, 0.15) is 18.4 Å². The summed E-state index contributed by atoms with van der Waals surface area (Å²) in [7, 11) is 2.22. The van der Waals surface area contributed by atoms with E-state index in [2.05, 4.69) is 51.1 Å². The van der Waals surface area contributed by atoms with Gasteiger partial charge in [0.05, 0.1) is 0 Å². The van der Waals surface area contributed by atoms with Crippen molar-refractivity contribution in [2.75, 3.05) is 25.0 Å². The highest BCUT2D eigenvalue weighted by Gasteiger charge is 2.23. The zero-order chi connectivity index (χ0) is 14.5. The second-order valence-corrected chi connectivity index (χ2v) is 5.70. The SMILES string of the molecule is CN(Cc1ccncc1)[C@H]1CCCN(c2ccccn2)C1. The van der Waals surface area contributed by atoms with Crippen molar-refractivity contribution in [2.24, 2.45) is 0 Å². The first-order chi connectivity index (χ1) is 10.3. The fourth-order valence-electron chi connectivity index (χ4n) is 2.97. The summed E-state index contributed by atoms with van der Waals surface area (Å²) in [4.78, 5) is 13.4. The average molecular weight is 282 g/mol. The minimum Gasteiger partial charge on any atom is -0.355 e. The molecular weight excluding hydrogens is 260 g/mol. The van der Waals surface area contributed by atoms with E-state index in [1.54, 1.807) is 0 Å². The van der Waals surface area contributed by atoms with E-state index >= 15 is 0 Å². The molecule has 0 amide bonds. The summed E-state index contributed by atoms with van der Waals surface area (Å²) in [6.45, 7) is 3.14. The van der Waals surface area contributed by atoms with Crippen LogP contribution in [0.5, 0.6) is 0 Å². The van der Waals surface area contributed by atoms with E-state index < -0.39 is 0 Å². The number of likely N-dealkylation sites (N-methyl/N-ethyl adjacent to an activating group) is 1. The number of hydrogen-bond acceptors (Lipinski definition) is 4. The second kappa shape index (κ2) is 6.68. The lowest BCUT2D eigenvalue weighted by Gasteiger charge is -2.38. The van der Waals surface area contributed by atoms with Crippen molar-refractivity contribution >= 4 is 5.82 Å². The van der Waals surface area contributed by atoms with Gasteiger partial charge in [0, 0.05) is 44.3 Å². The van der Waals surface area contributed by atoms with Crippen molar-refractivity contribution in [3.63, 3.8) is 0 Å². The standard InChI is InChI=1S/C17H22N4/c1-20(13-15-7-10-18-11-8-15)16-5-4-12-21(14-16)17-6-2-3-9-19-17/h2-3,6-11,16H,4-5,12-14H2,1H3/t16-/m0/s1. The molecule has 1 aliphatic heterocycles. The Balaban J connectivity index is 1.63. The zero-order valence-electron chi connectivity index (χ0n) is 12.5. The molecule has 4 heteroatoms. The highest BCUT2D eigenvalue weighted by atomic mass is 15.2. The Kier molecular flexibility index (Phi) is 4.46. The van der Waals surface area contributed by atoms with Gasteiger partial charge in [0.1, 0.15) is 5.82 Å². The highest BCUT2D eigenvalue weighted by Crippen LogP contribution is 2.21. The molecular formula is C17H22N4. The minimum absolute atomic E-state index is 0.578. The van der Waals surface area contributed by atoms with Crippen LogP contribution in [0.2, 0.25) is 0 Å². The van der Waals surface area contributed by atoms with Gasteiger partial charge in [-0.25, -0.2) is 4.98 Å². The number of pyridine rings is 2. The molecule has 0 aromatic carbocycles. The quantitative estimate of drug-likeness (QED) is 0.863. The van der Waals surface area contributed by atoms with Gasteiger partial charge in [0.2, 0.25) is 0 Å². The van der Waals surface area contributed by atoms with Gasteiger partial charge in [-0.3, -0.25) is 9.88 Å². The predicted molar refractivity (Wildman–Crippen MR) is 85.2 cm³/mol.